The van der Waals surface area contributed by atoms with Gasteiger partial charge < -0.3 is 5.32 Å². The van der Waals surface area contributed by atoms with Gasteiger partial charge >= 0.3 is 5.69 Å². The number of benzene rings is 1. The summed E-state index contributed by atoms with van der Waals surface area (Å²) < 4.78 is 40.4. The first-order valence-electron chi connectivity index (χ1n) is 8.07. The first-order valence-corrected chi connectivity index (χ1v) is 9.51. The second-order valence-corrected chi connectivity index (χ2v) is 8.19. The number of para-hydroxylation sites is 1. The van der Waals surface area contributed by atoms with Gasteiger partial charge in [-0.2, -0.15) is 8.70 Å². The van der Waals surface area contributed by atoms with Crippen molar-refractivity contribution in [3.05, 3.63) is 34.1 Å². The van der Waals surface area contributed by atoms with Crippen molar-refractivity contribution in [2.75, 3.05) is 19.6 Å². The topological polar surface area (TPSA) is 92.5 Å². The highest BCUT2D eigenvalue weighted by Gasteiger charge is 2.37. The monoisotopic (exact) mass is 357 g/mol. The Hall–Kier alpha value is -1.58. The predicted octanol–water partition coefficient (Wildman–Crippen LogP) is 1.89. The van der Waals surface area contributed by atoms with Gasteiger partial charge in [0.2, 0.25) is 15.8 Å². The highest BCUT2D eigenvalue weighted by molar-refractivity contribution is 7.89. The zero-order chi connectivity index (χ0) is 17.3. The molecule has 0 bridgehead atoms. The molecule has 2 aliphatic heterocycles. The van der Waals surface area contributed by atoms with Gasteiger partial charge in [-0.3, -0.25) is 10.1 Å². The van der Waals surface area contributed by atoms with Crippen LogP contribution in [0.4, 0.5) is 10.1 Å². The Morgan fingerprint density at radius 1 is 1.25 bits per heavy atom. The summed E-state index contributed by atoms with van der Waals surface area (Å²) in [4.78, 5) is 9.53. The molecule has 24 heavy (non-hydrogen) atoms. The van der Waals surface area contributed by atoms with Gasteiger partial charge in [0, 0.05) is 19.1 Å². The number of nitro groups is 1. The lowest BCUT2D eigenvalue weighted by molar-refractivity contribution is -0.390. The summed E-state index contributed by atoms with van der Waals surface area (Å²) in [7, 11) is -4.08. The van der Waals surface area contributed by atoms with Crippen LogP contribution in [0.1, 0.15) is 25.7 Å². The third-order valence-corrected chi connectivity index (χ3v) is 6.85. The van der Waals surface area contributed by atoms with Crippen LogP contribution >= 0.6 is 0 Å². The zero-order valence-corrected chi connectivity index (χ0v) is 14.0. The first-order chi connectivity index (χ1) is 11.4. The van der Waals surface area contributed by atoms with Crippen LogP contribution in [-0.4, -0.2) is 43.3 Å². The van der Waals surface area contributed by atoms with Gasteiger partial charge in [-0.25, -0.2) is 8.42 Å². The van der Waals surface area contributed by atoms with Gasteiger partial charge in [-0.05, 0) is 50.3 Å². The van der Waals surface area contributed by atoms with E-state index in [1.807, 2.05) is 0 Å². The first kappa shape index (κ1) is 17.2. The number of sulfonamides is 1. The highest BCUT2D eigenvalue weighted by Crippen LogP contribution is 2.33. The van der Waals surface area contributed by atoms with Gasteiger partial charge in [-0.15, -0.1) is 0 Å². The Balaban J connectivity index is 1.80. The van der Waals surface area contributed by atoms with Crippen molar-refractivity contribution in [3.63, 3.8) is 0 Å². The van der Waals surface area contributed by atoms with E-state index in [2.05, 4.69) is 5.32 Å². The largest absolute Gasteiger partial charge is 0.324 e. The number of rotatable bonds is 4. The fourth-order valence-electron chi connectivity index (χ4n) is 3.65. The lowest BCUT2D eigenvalue weighted by Gasteiger charge is -2.34. The summed E-state index contributed by atoms with van der Waals surface area (Å²) in [5.41, 5.74) is -0.975. The standard InChI is InChI=1S/C15H20FN3O4S/c16-12-3-1-5-14(15(12)19(20)21)24(22,23)18-9-6-11(7-10-18)13-4-2-8-17-13/h1,3,5,11,13,17H,2,4,6-10H2. The summed E-state index contributed by atoms with van der Waals surface area (Å²) in [5.74, 6) is -0.715. The minimum absolute atomic E-state index is 0.304. The number of halogens is 1. The third-order valence-electron chi connectivity index (χ3n) is 4.92. The highest BCUT2D eigenvalue weighted by atomic mass is 32.2. The number of hydrogen-bond acceptors (Lipinski definition) is 5. The van der Waals surface area contributed by atoms with E-state index in [1.165, 1.54) is 10.4 Å². The Bertz CT molecular complexity index is 726. The van der Waals surface area contributed by atoms with E-state index in [4.69, 9.17) is 0 Å². The molecule has 1 N–H and O–H groups in total. The minimum atomic E-state index is -4.08. The molecule has 2 heterocycles. The fraction of sp³-hybridized carbons (Fsp3) is 0.600. The van der Waals surface area contributed by atoms with E-state index in [-0.39, 0.29) is 0 Å². The van der Waals surface area contributed by atoms with Crippen molar-refractivity contribution < 1.29 is 17.7 Å². The molecule has 0 amide bonds. The Kier molecular flexibility index (Phi) is 4.84. The SMILES string of the molecule is O=[N+]([O-])c1c(F)cccc1S(=O)(=O)N1CCC(C2CCCN2)CC1. The summed E-state index contributed by atoms with van der Waals surface area (Å²) >= 11 is 0. The predicted molar refractivity (Wildman–Crippen MR) is 85.6 cm³/mol. The molecule has 2 saturated heterocycles. The van der Waals surface area contributed by atoms with E-state index in [0.717, 1.165) is 31.5 Å². The average molecular weight is 357 g/mol. The summed E-state index contributed by atoms with van der Waals surface area (Å²) in [6, 6.07) is 3.61. The van der Waals surface area contributed by atoms with Crippen LogP contribution < -0.4 is 5.32 Å². The van der Waals surface area contributed by atoms with Gasteiger partial charge in [-0.1, -0.05) is 6.07 Å². The van der Waals surface area contributed by atoms with E-state index in [0.29, 0.717) is 37.9 Å². The van der Waals surface area contributed by atoms with Crippen LogP contribution in [0.15, 0.2) is 23.1 Å². The maximum absolute atomic E-state index is 13.7. The van der Waals surface area contributed by atoms with Gasteiger partial charge in [0.25, 0.3) is 0 Å². The van der Waals surface area contributed by atoms with E-state index in [1.54, 1.807) is 0 Å². The molecule has 0 aromatic heterocycles. The van der Waals surface area contributed by atoms with E-state index >= 15 is 0 Å². The van der Waals surface area contributed by atoms with E-state index < -0.39 is 31.3 Å². The number of piperidine rings is 1. The maximum Gasteiger partial charge on any atom is 0.324 e. The van der Waals surface area contributed by atoms with Crippen LogP contribution in [0.25, 0.3) is 0 Å². The maximum atomic E-state index is 13.7. The van der Waals surface area contributed by atoms with Crippen LogP contribution in [0, 0.1) is 21.8 Å². The molecule has 1 aromatic rings. The normalized spacial score (nSPS) is 23.5. The molecule has 2 fully saturated rings. The molecule has 9 heteroatoms. The van der Waals surface area contributed by atoms with Crippen molar-refractivity contribution in [1.82, 2.24) is 9.62 Å². The second-order valence-electron chi connectivity index (χ2n) is 6.29. The third kappa shape index (κ3) is 3.15. The minimum Gasteiger partial charge on any atom is -0.314 e. The zero-order valence-electron chi connectivity index (χ0n) is 13.2. The van der Waals surface area contributed by atoms with Crippen molar-refractivity contribution in [1.29, 1.82) is 0 Å². The fourth-order valence-corrected chi connectivity index (χ4v) is 5.29. The van der Waals surface area contributed by atoms with Crippen molar-refractivity contribution in [2.24, 2.45) is 5.92 Å². The molecule has 1 unspecified atom stereocenters. The Morgan fingerprint density at radius 2 is 1.96 bits per heavy atom. The number of nitrogens with one attached hydrogen (secondary N) is 1. The summed E-state index contributed by atoms with van der Waals surface area (Å²) in [6.07, 6.45) is 3.66. The lowest BCUT2D eigenvalue weighted by atomic mass is 9.89. The van der Waals surface area contributed by atoms with E-state index in [9.17, 15) is 22.9 Å². The molecule has 0 saturated carbocycles. The Labute approximate surface area is 140 Å². The molecule has 7 nitrogen and oxygen atoms in total. The molecule has 1 atom stereocenters. The summed E-state index contributed by atoms with van der Waals surface area (Å²) in [6.45, 7) is 1.61. The van der Waals surface area contributed by atoms with Crippen LogP contribution in [0.5, 0.6) is 0 Å². The molecule has 3 rings (SSSR count). The summed E-state index contributed by atoms with van der Waals surface area (Å²) in [5, 5.41) is 14.5. The van der Waals surface area contributed by atoms with Gasteiger partial charge in [0.1, 0.15) is 0 Å². The van der Waals surface area contributed by atoms with Gasteiger partial charge in [0.15, 0.2) is 4.90 Å². The number of nitro benzene ring substituents is 1. The van der Waals surface area contributed by atoms with Crippen molar-refractivity contribution in [2.45, 2.75) is 36.6 Å². The molecule has 132 valence electrons. The van der Waals surface area contributed by atoms with Crippen molar-refractivity contribution in [3.8, 4) is 0 Å². The number of hydrogen-bond donors (Lipinski definition) is 1. The number of nitrogens with zero attached hydrogens (tertiary/aromatic N) is 2. The molecule has 2 aliphatic rings. The van der Waals surface area contributed by atoms with Crippen LogP contribution in [0.3, 0.4) is 0 Å². The molecule has 0 aliphatic carbocycles. The van der Waals surface area contributed by atoms with Crippen LogP contribution in [-0.2, 0) is 10.0 Å². The van der Waals surface area contributed by atoms with Crippen LogP contribution in [0.2, 0.25) is 0 Å². The van der Waals surface area contributed by atoms with Crippen molar-refractivity contribution >= 4 is 15.7 Å². The molecule has 0 spiro atoms. The van der Waals surface area contributed by atoms with Gasteiger partial charge in [0.05, 0.1) is 4.92 Å². The quantitative estimate of drug-likeness (QED) is 0.656. The Morgan fingerprint density at radius 3 is 2.54 bits per heavy atom. The molecule has 1 aromatic carbocycles. The molecular formula is C15H20FN3O4S. The second kappa shape index (κ2) is 6.73. The molecule has 0 radical (unpaired) electrons. The average Bonchev–Trinajstić information content (AvgIpc) is 3.09. The lowest BCUT2D eigenvalue weighted by Crippen LogP contribution is -2.43. The smallest absolute Gasteiger partial charge is 0.314 e. The molecular weight excluding hydrogens is 337 g/mol.